The molecule has 1 aromatic carbocycles. The van der Waals surface area contributed by atoms with E-state index in [-0.39, 0.29) is 24.1 Å². The zero-order valence-corrected chi connectivity index (χ0v) is 14.4. The molecule has 1 saturated carbocycles. The Kier molecular flexibility index (Phi) is 4.02. The van der Waals surface area contributed by atoms with Gasteiger partial charge in [-0.3, -0.25) is 0 Å². The van der Waals surface area contributed by atoms with Gasteiger partial charge in [-0.25, -0.2) is 0 Å². The maximum Gasteiger partial charge on any atom is 0.466 e. The van der Waals surface area contributed by atoms with Crippen molar-refractivity contribution in [2.45, 2.75) is 64.0 Å². The molecule has 1 aromatic rings. The predicted molar refractivity (Wildman–Crippen MR) is 89.2 cm³/mol. The summed E-state index contributed by atoms with van der Waals surface area (Å²) in [5, 5.41) is 0. The van der Waals surface area contributed by atoms with E-state index in [0.717, 1.165) is 5.75 Å². The summed E-state index contributed by atoms with van der Waals surface area (Å²) in [7, 11) is 1.54. The van der Waals surface area contributed by atoms with Gasteiger partial charge in [0.15, 0.2) is 0 Å². The molecule has 3 nitrogen and oxygen atoms in total. The molecule has 0 spiro atoms. The van der Waals surface area contributed by atoms with E-state index >= 15 is 0 Å². The Labute approximate surface area is 134 Å². The number of methoxy groups -OCH3 is 1. The van der Waals surface area contributed by atoms with E-state index in [1.165, 1.54) is 24.8 Å². The summed E-state index contributed by atoms with van der Waals surface area (Å²) < 4.78 is 18.1. The molecule has 1 saturated heterocycles. The van der Waals surface area contributed by atoms with Crippen LogP contribution in [0.5, 0.6) is 5.75 Å². The van der Waals surface area contributed by atoms with Gasteiger partial charge in [0.25, 0.3) is 0 Å². The van der Waals surface area contributed by atoms with Gasteiger partial charge >= 0.3 is 7.12 Å². The SMILES string of the molecule is COc1cccc(C(B2OC(C)(C)C(C)(C)O2)C2CCC2)c1. The number of hydrogen-bond donors (Lipinski definition) is 0. The Morgan fingerprint density at radius 3 is 2.27 bits per heavy atom. The minimum atomic E-state index is -0.279. The summed E-state index contributed by atoms with van der Waals surface area (Å²) in [4.78, 5) is 0. The smallest absolute Gasteiger partial charge is 0.466 e. The van der Waals surface area contributed by atoms with Gasteiger partial charge in [-0.1, -0.05) is 31.4 Å². The van der Waals surface area contributed by atoms with E-state index in [9.17, 15) is 0 Å². The average Bonchev–Trinajstić information content (AvgIpc) is 2.62. The third-order valence-corrected chi connectivity index (χ3v) is 5.70. The molecule has 1 heterocycles. The third-order valence-electron chi connectivity index (χ3n) is 5.70. The van der Waals surface area contributed by atoms with E-state index in [0.29, 0.717) is 5.92 Å². The second-order valence-corrected chi connectivity index (χ2v) is 7.62. The summed E-state index contributed by atoms with van der Waals surface area (Å²) in [6.07, 6.45) is 3.82. The van der Waals surface area contributed by atoms with Crippen LogP contribution in [0.2, 0.25) is 0 Å². The molecule has 1 unspecified atom stereocenters. The van der Waals surface area contributed by atoms with Crippen molar-refractivity contribution in [3.8, 4) is 5.75 Å². The Morgan fingerprint density at radius 2 is 1.77 bits per heavy atom. The molecule has 0 amide bonds. The number of hydrogen-bond acceptors (Lipinski definition) is 3. The standard InChI is InChI=1S/C18H27BO3/c1-17(2)18(3,4)22-19(21-17)16(13-8-6-9-13)14-10-7-11-15(12-14)20-5/h7,10-13,16H,6,8-9H2,1-5H3. The molecule has 0 bridgehead atoms. The maximum absolute atomic E-state index is 6.35. The first-order valence-corrected chi connectivity index (χ1v) is 8.34. The molecule has 1 aliphatic heterocycles. The van der Waals surface area contributed by atoms with Gasteiger partial charge in [-0.15, -0.1) is 0 Å². The van der Waals surface area contributed by atoms with Crippen LogP contribution in [0.15, 0.2) is 24.3 Å². The van der Waals surface area contributed by atoms with Crippen LogP contribution < -0.4 is 4.74 Å². The monoisotopic (exact) mass is 302 g/mol. The lowest BCUT2D eigenvalue weighted by Crippen LogP contribution is -2.41. The summed E-state index contributed by atoms with van der Waals surface area (Å²) in [6.45, 7) is 8.49. The van der Waals surface area contributed by atoms with Gasteiger partial charge in [0.1, 0.15) is 5.75 Å². The Balaban J connectivity index is 1.91. The second-order valence-electron chi connectivity index (χ2n) is 7.62. The van der Waals surface area contributed by atoms with Gasteiger partial charge in [-0.2, -0.15) is 0 Å². The Hall–Kier alpha value is -0.995. The first-order chi connectivity index (χ1) is 10.3. The van der Waals surface area contributed by atoms with Crippen molar-refractivity contribution in [2.24, 2.45) is 5.92 Å². The highest BCUT2D eigenvalue weighted by molar-refractivity contribution is 6.47. The lowest BCUT2D eigenvalue weighted by Gasteiger charge is -2.35. The van der Waals surface area contributed by atoms with Crippen molar-refractivity contribution in [3.63, 3.8) is 0 Å². The van der Waals surface area contributed by atoms with Gasteiger partial charge in [0, 0.05) is 5.82 Å². The van der Waals surface area contributed by atoms with Gasteiger partial charge in [0.05, 0.1) is 18.3 Å². The molecule has 0 radical (unpaired) electrons. The lowest BCUT2D eigenvalue weighted by molar-refractivity contribution is 0.00578. The fourth-order valence-corrected chi connectivity index (χ4v) is 3.33. The topological polar surface area (TPSA) is 27.7 Å². The molecule has 1 atom stereocenters. The van der Waals surface area contributed by atoms with Crippen molar-refractivity contribution in [1.29, 1.82) is 0 Å². The molecule has 2 fully saturated rings. The molecule has 4 heteroatoms. The highest BCUT2D eigenvalue weighted by atomic mass is 16.7. The molecule has 0 N–H and O–H groups in total. The Morgan fingerprint density at radius 1 is 1.14 bits per heavy atom. The minimum Gasteiger partial charge on any atom is -0.497 e. The van der Waals surface area contributed by atoms with Crippen LogP contribution in [0.25, 0.3) is 0 Å². The summed E-state index contributed by atoms with van der Waals surface area (Å²) in [5.41, 5.74) is 0.708. The van der Waals surface area contributed by atoms with Crippen LogP contribution in [-0.4, -0.2) is 25.4 Å². The van der Waals surface area contributed by atoms with Crippen LogP contribution in [0, 0.1) is 5.92 Å². The minimum absolute atomic E-state index is 0.178. The number of benzene rings is 1. The van der Waals surface area contributed by atoms with Gasteiger partial charge in [-0.05, 0) is 51.3 Å². The molecular weight excluding hydrogens is 275 g/mol. The van der Waals surface area contributed by atoms with E-state index < -0.39 is 0 Å². The fourth-order valence-electron chi connectivity index (χ4n) is 3.33. The predicted octanol–water partition coefficient (Wildman–Crippen LogP) is 4.21. The zero-order valence-electron chi connectivity index (χ0n) is 14.4. The van der Waals surface area contributed by atoms with Crippen LogP contribution in [-0.2, 0) is 9.31 Å². The third kappa shape index (κ3) is 2.67. The number of rotatable bonds is 4. The van der Waals surface area contributed by atoms with Crippen molar-refractivity contribution in [2.75, 3.05) is 7.11 Å². The zero-order chi connectivity index (χ0) is 16.0. The fraction of sp³-hybridized carbons (Fsp3) is 0.667. The molecule has 1 aliphatic carbocycles. The van der Waals surface area contributed by atoms with Gasteiger partial charge in [0.2, 0.25) is 0 Å². The molecule has 0 aromatic heterocycles. The molecule has 3 rings (SSSR count). The lowest BCUT2D eigenvalue weighted by atomic mass is 9.56. The molecule has 2 aliphatic rings. The molecular formula is C18H27BO3. The van der Waals surface area contributed by atoms with Crippen LogP contribution in [0.4, 0.5) is 0 Å². The van der Waals surface area contributed by atoms with Crippen molar-refractivity contribution in [3.05, 3.63) is 29.8 Å². The van der Waals surface area contributed by atoms with Gasteiger partial charge < -0.3 is 14.0 Å². The normalized spacial score (nSPS) is 24.9. The summed E-state index contributed by atoms with van der Waals surface area (Å²) in [6, 6.07) is 8.36. The quantitative estimate of drug-likeness (QED) is 0.780. The summed E-state index contributed by atoms with van der Waals surface area (Å²) >= 11 is 0. The first-order valence-electron chi connectivity index (χ1n) is 8.34. The highest BCUT2D eigenvalue weighted by Gasteiger charge is 2.55. The Bertz CT molecular complexity index is 521. The second kappa shape index (κ2) is 5.57. The van der Waals surface area contributed by atoms with E-state index in [1.807, 2.05) is 6.07 Å². The van der Waals surface area contributed by atoms with E-state index in [4.69, 9.17) is 14.0 Å². The van der Waals surface area contributed by atoms with Crippen molar-refractivity contribution >= 4 is 7.12 Å². The number of ether oxygens (including phenoxy) is 1. The molecule has 22 heavy (non-hydrogen) atoms. The average molecular weight is 302 g/mol. The molecule has 120 valence electrons. The largest absolute Gasteiger partial charge is 0.497 e. The van der Waals surface area contributed by atoms with E-state index in [2.05, 4.69) is 45.9 Å². The summed E-state index contributed by atoms with van der Waals surface area (Å²) in [5.74, 6) is 1.82. The van der Waals surface area contributed by atoms with Crippen molar-refractivity contribution < 1.29 is 14.0 Å². The first kappa shape index (κ1) is 15.9. The van der Waals surface area contributed by atoms with Crippen LogP contribution in [0.1, 0.15) is 58.3 Å². The van der Waals surface area contributed by atoms with Crippen LogP contribution >= 0.6 is 0 Å². The van der Waals surface area contributed by atoms with E-state index in [1.54, 1.807) is 7.11 Å². The van der Waals surface area contributed by atoms with Crippen LogP contribution in [0.3, 0.4) is 0 Å². The van der Waals surface area contributed by atoms with Crippen molar-refractivity contribution in [1.82, 2.24) is 0 Å². The maximum atomic E-state index is 6.35. The highest BCUT2D eigenvalue weighted by Crippen LogP contribution is 2.47.